The fraction of sp³-hybridized carbons (Fsp3) is 0.353. The van der Waals surface area contributed by atoms with Gasteiger partial charge in [0.15, 0.2) is 0 Å². The first-order valence-corrected chi connectivity index (χ1v) is 8.04. The molecule has 0 saturated heterocycles. The normalized spacial score (nSPS) is 13.3. The van der Waals surface area contributed by atoms with Crippen LogP contribution in [-0.4, -0.2) is 39.3 Å². The number of hydrogen-bond acceptors (Lipinski definition) is 7. The Morgan fingerprint density at radius 2 is 1.85 bits per heavy atom. The molecule has 0 bridgehead atoms. The number of carbonyl (C=O) groups excluding carboxylic acids is 3. The van der Waals surface area contributed by atoms with Crippen molar-refractivity contribution < 1.29 is 29.2 Å². The highest BCUT2D eigenvalue weighted by atomic mass is 16.6. The van der Waals surface area contributed by atoms with Crippen LogP contribution in [0.4, 0.5) is 5.69 Å². The van der Waals surface area contributed by atoms with E-state index in [1.165, 1.54) is 24.3 Å². The summed E-state index contributed by atoms with van der Waals surface area (Å²) in [5.74, 6) is -1.46. The molecule has 0 aromatic heterocycles. The highest BCUT2D eigenvalue weighted by Gasteiger charge is 2.22. The number of aliphatic hydroxyl groups excluding tert-OH is 1. The number of esters is 1. The molecule has 0 aliphatic carbocycles. The molecular weight excluding hydrogens is 344 g/mol. The first kappa shape index (κ1) is 19.3. The molecule has 0 unspecified atom stereocenters. The number of aliphatic hydroxyl groups is 1. The maximum absolute atomic E-state index is 11.8. The molecule has 9 heteroatoms. The van der Waals surface area contributed by atoms with E-state index >= 15 is 0 Å². The third-order valence-electron chi connectivity index (χ3n) is 3.79. The molecule has 1 aliphatic rings. The highest BCUT2D eigenvalue weighted by Crippen LogP contribution is 2.28. The Morgan fingerprint density at radius 3 is 2.46 bits per heavy atom. The van der Waals surface area contributed by atoms with Gasteiger partial charge in [-0.15, -0.1) is 0 Å². The van der Waals surface area contributed by atoms with Crippen molar-refractivity contribution in [3.05, 3.63) is 46.0 Å². The second-order valence-electron chi connectivity index (χ2n) is 5.66. The lowest BCUT2D eigenvalue weighted by Crippen LogP contribution is -2.30. The molecule has 0 saturated carbocycles. The number of nitro groups is 1. The third kappa shape index (κ3) is 4.96. The first-order valence-electron chi connectivity index (χ1n) is 8.04. The van der Waals surface area contributed by atoms with Gasteiger partial charge in [0.1, 0.15) is 0 Å². The van der Waals surface area contributed by atoms with Crippen molar-refractivity contribution in [1.82, 2.24) is 4.90 Å². The monoisotopic (exact) mass is 362 g/mol. The maximum Gasteiger partial charge on any atom is 0.312 e. The van der Waals surface area contributed by atoms with Gasteiger partial charge in [0.25, 0.3) is 11.8 Å². The number of hydrogen-bond donors (Lipinski definition) is 1. The summed E-state index contributed by atoms with van der Waals surface area (Å²) in [5.41, 5.74) is -0.0412. The minimum Gasteiger partial charge on any atom is -0.419 e. The van der Waals surface area contributed by atoms with Crippen molar-refractivity contribution in [2.24, 2.45) is 0 Å². The standard InChI is InChI=1S/C17H18N2O7/c20-11-12-5-6-14(13(10-12)19(24)25)26-17(23)4-2-1-3-9-18-15(21)7-8-16(18)22/h5-8,10,20H,1-4,9,11H2. The molecule has 1 N–H and O–H groups in total. The van der Waals surface area contributed by atoms with Crippen LogP contribution in [0.2, 0.25) is 0 Å². The van der Waals surface area contributed by atoms with Gasteiger partial charge in [-0.2, -0.15) is 0 Å². The van der Waals surface area contributed by atoms with Crippen LogP contribution in [0.15, 0.2) is 30.4 Å². The van der Waals surface area contributed by atoms with Gasteiger partial charge >= 0.3 is 11.7 Å². The molecule has 1 aromatic rings. The molecule has 138 valence electrons. The van der Waals surface area contributed by atoms with Gasteiger partial charge in [0, 0.05) is 31.2 Å². The molecule has 1 aliphatic heterocycles. The quantitative estimate of drug-likeness (QED) is 0.176. The Balaban J connectivity index is 1.76. The Morgan fingerprint density at radius 1 is 1.15 bits per heavy atom. The van der Waals surface area contributed by atoms with Gasteiger partial charge in [-0.3, -0.25) is 29.4 Å². The lowest BCUT2D eigenvalue weighted by Gasteiger charge is -2.12. The Labute approximate surface area is 149 Å². The molecule has 0 radical (unpaired) electrons. The second-order valence-corrected chi connectivity index (χ2v) is 5.66. The van der Waals surface area contributed by atoms with E-state index in [4.69, 9.17) is 9.84 Å². The topological polar surface area (TPSA) is 127 Å². The Bertz CT molecular complexity index is 739. The fourth-order valence-electron chi connectivity index (χ4n) is 2.43. The largest absolute Gasteiger partial charge is 0.419 e. The van der Waals surface area contributed by atoms with E-state index in [9.17, 15) is 24.5 Å². The molecule has 2 rings (SSSR count). The van der Waals surface area contributed by atoms with Gasteiger partial charge in [-0.05, 0) is 24.5 Å². The van der Waals surface area contributed by atoms with E-state index in [-0.39, 0.29) is 42.8 Å². The zero-order chi connectivity index (χ0) is 19.1. The number of rotatable bonds is 9. The summed E-state index contributed by atoms with van der Waals surface area (Å²) in [5, 5.41) is 20.0. The average molecular weight is 362 g/mol. The highest BCUT2D eigenvalue weighted by molar-refractivity contribution is 6.12. The van der Waals surface area contributed by atoms with Gasteiger partial charge in [-0.25, -0.2) is 0 Å². The molecule has 0 spiro atoms. The fourth-order valence-corrected chi connectivity index (χ4v) is 2.43. The molecular formula is C17H18N2O7. The number of carbonyl (C=O) groups is 3. The van der Waals surface area contributed by atoms with Crippen LogP contribution < -0.4 is 4.74 Å². The number of benzene rings is 1. The SMILES string of the molecule is O=C(CCCCCN1C(=O)C=CC1=O)Oc1ccc(CO)cc1[N+](=O)[O-]. The van der Waals surface area contributed by atoms with Gasteiger partial charge in [0.05, 0.1) is 11.5 Å². The van der Waals surface area contributed by atoms with Crippen LogP contribution in [0.5, 0.6) is 5.75 Å². The van der Waals surface area contributed by atoms with Crippen molar-refractivity contribution in [2.45, 2.75) is 32.3 Å². The lowest BCUT2D eigenvalue weighted by molar-refractivity contribution is -0.385. The van der Waals surface area contributed by atoms with Crippen molar-refractivity contribution in [3.63, 3.8) is 0 Å². The maximum atomic E-state index is 11.8. The van der Waals surface area contributed by atoms with Crippen LogP contribution in [0.1, 0.15) is 31.2 Å². The van der Waals surface area contributed by atoms with Crippen LogP contribution >= 0.6 is 0 Å². The zero-order valence-corrected chi connectivity index (χ0v) is 13.9. The van der Waals surface area contributed by atoms with E-state index in [2.05, 4.69) is 0 Å². The summed E-state index contributed by atoms with van der Waals surface area (Å²) in [6.07, 6.45) is 4.10. The summed E-state index contributed by atoms with van der Waals surface area (Å²) >= 11 is 0. The third-order valence-corrected chi connectivity index (χ3v) is 3.79. The summed E-state index contributed by atoms with van der Waals surface area (Å²) in [6, 6.07) is 3.87. The minimum atomic E-state index is -0.681. The van der Waals surface area contributed by atoms with Crippen molar-refractivity contribution in [1.29, 1.82) is 0 Å². The lowest BCUT2D eigenvalue weighted by atomic mass is 10.2. The molecule has 9 nitrogen and oxygen atoms in total. The van der Waals surface area contributed by atoms with E-state index in [0.29, 0.717) is 24.8 Å². The van der Waals surface area contributed by atoms with Gasteiger partial charge in [-0.1, -0.05) is 12.5 Å². The van der Waals surface area contributed by atoms with E-state index < -0.39 is 10.9 Å². The number of unbranched alkanes of at least 4 members (excludes halogenated alkanes) is 2. The van der Waals surface area contributed by atoms with Crippen LogP contribution in [0, 0.1) is 10.1 Å². The second kappa shape index (κ2) is 8.86. The van der Waals surface area contributed by atoms with E-state index in [0.717, 1.165) is 11.0 Å². The molecule has 0 fully saturated rings. The smallest absolute Gasteiger partial charge is 0.312 e. The summed E-state index contributed by atoms with van der Waals surface area (Å²) < 4.78 is 5.03. The number of nitro benzene ring substituents is 1. The molecule has 0 atom stereocenters. The predicted molar refractivity (Wildman–Crippen MR) is 89.0 cm³/mol. The van der Waals surface area contributed by atoms with Crippen LogP contribution in [0.25, 0.3) is 0 Å². The van der Waals surface area contributed by atoms with Gasteiger partial charge < -0.3 is 9.84 Å². The van der Waals surface area contributed by atoms with Crippen LogP contribution in [-0.2, 0) is 21.0 Å². The molecule has 26 heavy (non-hydrogen) atoms. The Kier molecular flexibility index (Phi) is 6.56. The first-order chi connectivity index (χ1) is 12.4. The minimum absolute atomic E-state index is 0.0546. The average Bonchev–Trinajstić information content (AvgIpc) is 2.93. The van der Waals surface area contributed by atoms with Crippen molar-refractivity contribution >= 4 is 23.5 Å². The van der Waals surface area contributed by atoms with Crippen molar-refractivity contribution in [2.75, 3.05) is 6.54 Å². The zero-order valence-electron chi connectivity index (χ0n) is 13.9. The predicted octanol–water partition coefficient (Wildman–Crippen LogP) is 1.48. The molecule has 2 amide bonds. The summed E-state index contributed by atoms with van der Waals surface area (Å²) in [4.78, 5) is 46.0. The van der Waals surface area contributed by atoms with Crippen molar-refractivity contribution in [3.8, 4) is 5.75 Å². The number of nitrogens with zero attached hydrogens (tertiary/aromatic N) is 2. The molecule has 1 heterocycles. The van der Waals surface area contributed by atoms with Crippen LogP contribution in [0.3, 0.4) is 0 Å². The Hall–Kier alpha value is -3.07. The van der Waals surface area contributed by atoms with E-state index in [1.54, 1.807) is 0 Å². The number of amides is 2. The molecule has 1 aromatic carbocycles. The number of imide groups is 1. The number of ether oxygens (including phenoxy) is 1. The van der Waals surface area contributed by atoms with Gasteiger partial charge in [0.2, 0.25) is 5.75 Å². The summed E-state index contributed by atoms with van der Waals surface area (Å²) in [6.45, 7) is -0.0690. The summed E-state index contributed by atoms with van der Waals surface area (Å²) in [7, 11) is 0. The van der Waals surface area contributed by atoms with E-state index in [1.807, 2.05) is 0 Å².